The van der Waals surface area contributed by atoms with Crippen molar-refractivity contribution in [3.05, 3.63) is 49.0 Å². The third-order valence-corrected chi connectivity index (χ3v) is 5.53. The summed E-state index contributed by atoms with van der Waals surface area (Å²) in [5, 5.41) is 1.80. The number of nitrogens with two attached hydrogens (primary N) is 2. The molecular weight excluding hydrogens is 359 g/mol. The molecule has 26 heavy (non-hydrogen) atoms. The third-order valence-electron chi connectivity index (χ3n) is 4.57. The van der Waals surface area contributed by atoms with Crippen molar-refractivity contribution in [1.82, 2.24) is 9.24 Å². The molecule has 0 amide bonds. The smallest absolute Gasteiger partial charge is 0.350 e. The Morgan fingerprint density at radius 3 is 2.65 bits per heavy atom. The van der Waals surface area contributed by atoms with Gasteiger partial charge in [-0.15, -0.1) is 11.3 Å². The molecule has 0 unspecified atom stereocenters. The number of ether oxygens (including phenoxy) is 1. The van der Waals surface area contributed by atoms with Gasteiger partial charge < -0.3 is 16.3 Å². The van der Waals surface area contributed by atoms with Crippen LogP contribution in [0, 0.1) is 5.82 Å². The number of halogens is 1. The van der Waals surface area contributed by atoms with Gasteiger partial charge in [-0.25, -0.2) is 9.18 Å². The number of nitrogens with zero attached hydrogens (tertiary/aromatic N) is 2. The number of nitrogen functional groups attached to an aromatic ring is 1. The average Bonchev–Trinajstić information content (AvgIpc) is 3.36. The zero-order valence-electron chi connectivity index (χ0n) is 14.0. The van der Waals surface area contributed by atoms with E-state index in [1.165, 1.54) is 23.0 Å². The minimum Gasteiger partial charge on any atom is -0.494 e. The van der Waals surface area contributed by atoms with E-state index in [4.69, 9.17) is 16.3 Å². The molecule has 1 fully saturated rings. The van der Waals surface area contributed by atoms with Gasteiger partial charge in [0.05, 0.1) is 18.1 Å². The van der Waals surface area contributed by atoms with Gasteiger partial charge in [0.2, 0.25) is 0 Å². The summed E-state index contributed by atoms with van der Waals surface area (Å²) in [6.07, 6.45) is 1.58. The second-order valence-corrected chi connectivity index (χ2v) is 7.22. The van der Waals surface area contributed by atoms with Crippen LogP contribution in [-0.4, -0.2) is 16.4 Å². The quantitative estimate of drug-likeness (QED) is 0.672. The van der Waals surface area contributed by atoms with E-state index in [9.17, 15) is 14.0 Å². The molecule has 9 heteroatoms. The fraction of sp³-hybridized carbons (Fsp3) is 0.294. The van der Waals surface area contributed by atoms with E-state index in [2.05, 4.69) is 0 Å². The normalized spacial score (nSPS) is 14.1. The topological polar surface area (TPSA) is 105 Å². The summed E-state index contributed by atoms with van der Waals surface area (Å²) in [5.41, 5.74) is 5.35. The van der Waals surface area contributed by atoms with Crippen LogP contribution in [0.3, 0.4) is 0 Å². The fourth-order valence-electron chi connectivity index (χ4n) is 3.20. The van der Waals surface area contributed by atoms with Gasteiger partial charge in [0.15, 0.2) is 5.75 Å². The minimum absolute atomic E-state index is 0.0198. The third kappa shape index (κ3) is 2.35. The summed E-state index contributed by atoms with van der Waals surface area (Å²) in [6, 6.07) is 2.83. The van der Waals surface area contributed by atoms with Crippen molar-refractivity contribution in [2.24, 2.45) is 5.73 Å². The Hall–Kier alpha value is -2.65. The Morgan fingerprint density at radius 2 is 2.08 bits per heavy atom. The van der Waals surface area contributed by atoms with Crippen LogP contribution in [0.5, 0.6) is 5.75 Å². The Labute approximate surface area is 151 Å². The van der Waals surface area contributed by atoms with Gasteiger partial charge >= 0.3 is 5.69 Å². The molecule has 0 saturated heterocycles. The van der Waals surface area contributed by atoms with E-state index in [-0.39, 0.29) is 28.3 Å². The standard InChI is InChI=1S/C17H17FN4O3S/c1-25-15-13(8-4-10(6-19)26-7-8)12(18)5-11-14(15)21(9-2-3-9)17(24)22(20)16(11)23/h4-5,7,9H,2-3,6,19-20H2,1H3. The molecule has 0 bridgehead atoms. The van der Waals surface area contributed by atoms with Crippen LogP contribution < -0.4 is 27.6 Å². The van der Waals surface area contributed by atoms with Crippen molar-refractivity contribution >= 4 is 22.2 Å². The maximum atomic E-state index is 14.9. The number of benzene rings is 1. The molecule has 3 aromatic rings. The summed E-state index contributed by atoms with van der Waals surface area (Å²) in [5.74, 6) is 5.16. The molecule has 0 radical (unpaired) electrons. The molecule has 0 atom stereocenters. The molecule has 136 valence electrons. The monoisotopic (exact) mass is 376 g/mol. The van der Waals surface area contributed by atoms with Crippen LogP contribution in [0.25, 0.3) is 22.0 Å². The SMILES string of the molecule is COc1c(-c2csc(CN)c2)c(F)cc2c(=O)n(N)c(=O)n(C3CC3)c12. The summed E-state index contributed by atoms with van der Waals surface area (Å²) in [6.45, 7) is 0.340. The summed E-state index contributed by atoms with van der Waals surface area (Å²) >= 11 is 1.41. The van der Waals surface area contributed by atoms with Crippen LogP contribution in [0.4, 0.5) is 4.39 Å². The zero-order valence-corrected chi connectivity index (χ0v) is 14.8. The largest absolute Gasteiger partial charge is 0.494 e. The van der Waals surface area contributed by atoms with Gasteiger partial charge in [0.25, 0.3) is 5.56 Å². The first kappa shape index (κ1) is 16.8. The Balaban J connectivity index is 2.17. The Kier molecular flexibility index (Phi) is 3.85. The zero-order chi connectivity index (χ0) is 18.6. The summed E-state index contributed by atoms with van der Waals surface area (Å²) in [7, 11) is 1.39. The van der Waals surface area contributed by atoms with E-state index >= 15 is 0 Å². The fourth-order valence-corrected chi connectivity index (χ4v) is 3.96. The molecule has 4 N–H and O–H groups in total. The van der Waals surface area contributed by atoms with Crippen LogP contribution in [0.1, 0.15) is 23.8 Å². The lowest BCUT2D eigenvalue weighted by molar-refractivity contribution is 0.415. The highest BCUT2D eigenvalue weighted by atomic mass is 32.1. The van der Waals surface area contributed by atoms with Gasteiger partial charge in [-0.05, 0) is 35.9 Å². The highest BCUT2D eigenvalue weighted by molar-refractivity contribution is 7.10. The molecule has 2 heterocycles. The van der Waals surface area contributed by atoms with Crippen LogP contribution >= 0.6 is 11.3 Å². The first-order chi connectivity index (χ1) is 12.5. The van der Waals surface area contributed by atoms with Gasteiger partial charge in [-0.1, -0.05) is 0 Å². The van der Waals surface area contributed by atoms with Crippen molar-refractivity contribution in [2.75, 3.05) is 13.0 Å². The average molecular weight is 376 g/mol. The molecule has 7 nitrogen and oxygen atoms in total. The second kappa shape index (κ2) is 5.96. The Morgan fingerprint density at radius 1 is 1.35 bits per heavy atom. The molecule has 0 spiro atoms. The highest BCUT2D eigenvalue weighted by Gasteiger charge is 2.31. The first-order valence-corrected chi connectivity index (χ1v) is 8.96. The van der Waals surface area contributed by atoms with Gasteiger partial charge in [0, 0.05) is 17.5 Å². The number of hydrogen-bond donors (Lipinski definition) is 2. The molecule has 2 aromatic heterocycles. The van der Waals surface area contributed by atoms with Crippen molar-refractivity contribution in [1.29, 1.82) is 0 Å². The van der Waals surface area contributed by atoms with E-state index in [1.54, 1.807) is 11.4 Å². The molecule has 1 aliphatic carbocycles. The van der Waals surface area contributed by atoms with Crippen molar-refractivity contribution < 1.29 is 9.13 Å². The van der Waals surface area contributed by atoms with E-state index in [1.807, 2.05) is 0 Å². The number of rotatable bonds is 4. The first-order valence-electron chi connectivity index (χ1n) is 8.08. The van der Waals surface area contributed by atoms with Crippen molar-refractivity contribution in [3.63, 3.8) is 0 Å². The number of aromatic nitrogens is 2. The number of thiophene rings is 1. The van der Waals surface area contributed by atoms with E-state index in [0.717, 1.165) is 23.8 Å². The maximum Gasteiger partial charge on any atom is 0.350 e. The molecule has 0 aliphatic heterocycles. The van der Waals surface area contributed by atoms with Crippen molar-refractivity contribution in [3.8, 4) is 16.9 Å². The maximum absolute atomic E-state index is 14.9. The lowest BCUT2D eigenvalue weighted by atomic mass is 10.0. The second-order valence-electron chi connectivity index (χ2n) is 6.23. The molecule has 1 aliphatic rings. The highest BCUT2D eigenvalue weighted by Crippen LogP contribution is 2.43. The molecular formula is C17H17FN4O3S. The van der Waals surface area contributed by atoms with Gasteiger partial charge in [-0.2, -0.15) is 4.68 Å². The van der Waals surface area contributed by atoms with Crippen molar-refractivity contribution in [2.45, 2.75) is 25.4 Å². The lowest BCUT2D eigenvalue weighted by Gasteiger charge is -2.17. The van der Waals surface area contributed by atoms with Crippen LogP contribution in [0.15, 0.2) is 27.1 Å². The lowest BCUT2D eigenvalue weighted by Crippen LogP contribution is -2.44. The van der Waals surface area contributed by atoms with Gasteiger partial charge in [-0.3, -0.25) is 9.36 Å². The molecule has 1 aromatic carbocycles. The number of fused-ring (bicyclic) bond motifs is 1. The predicted octanol–water partition coefficient (Wildman–Crippen LogP) is 1.55. The minimum atomic E-state index is -0.751. The molecule has 4 rings (SSSR count). The van der Waals surface area contributed by atoms with Crippen LogP contribution in [0.2, 0.25) is 0 Å². The summed E-state index contributed by atoms with van der Waals surface area (Å²) in [4.78, 5) is 25.9. The predicted molar refractivity (Wildman–Crippen MR) is 98.6 cm³/mol. The van der Waals surface area contributed by atoms with E-state index < -0.39 is 17.1 Å². The van der Waals surface area contributed by atoms with Gasteiger partial charge in [0.1, 0.15) is 11.3 Å². The Bertz CT molecular complexity index is 1140. The molecule has 1 saturated carbocycles. The summed E-state index contributed by atoms with van der Waals surface area (Å²) < 4.78 is 22.4. The number of hydrogen-bond acceptors (Lipinski definition) is 6. The van der Waals surface area contributed by atoms with E-state index in [0.29, 0.717) is 16.8 Å². The number of methoxy groups -OCH3 is 1. The van der Waals surface area contributed by atoms with Crippen LogP contribution in [-0.2, 0) is 6.54 Å².